The van der Waals surface area contributed by atoms with Crippen LogP contribution in [0.4, 0.5) is 0 Å². The van der Waals surface area contributed by atoms with Crippen molar-refractivity contribution in [3.63, 3.8) is 0 Å². The Labute approximate surface area is 80.6 Å². The summed E-state index contributed by atoms with van der Waals surface area (Å²) in [5.74, 6) is 0. The molecule has 0 aliphatic rings. The van der Waals surface area contributed by atoms with Gasteiger partial charge in [-0.1, -0.05) is 39.3 Å². The Bertz CT molecular complexity index is 26.5. The maximum atomic E-state index is 2.27. The average Bonchev–Trinajstić information content (AvgIpc) is 1.25. The predicted molar refractivity (Wildman–Crippen MR) is 52.4 cm³/mol. The molecule has 0 nitrogen and oxygen atoms in total. The van der Waals surface area contributed by atoms with Crippen LogP contribution in [0.2, 0.25) is 39.3 Å². The molecule has 0 aromatic carbocycles. The van der Waals surface area contributed by atoms with E-state index in [0.717, 1.165) is 0 Å². The summed E-state index contributed by atoms with van der Waals surface area (Å²) in [5, 5.41) is 0. The Balaban J connectivity index is -0.0000000720. The SMILES string of the molecule is C[Si](C)C.C[Si](C)C.[Sn]. The number of hydrogen-bond donors (Lipinski definition) is 0. The molecule has 0 fully saturated rings. The van der Waals surface area contributed by atoms with Crippen molar-refractivity contribution in [1.82, 2.24) is 0 Å². The summed E-state index contributed by atoms with van der Waals surface area (Å²) < 4.78 is 0. The zero-order chi connectivity index (χ0) is 7.15. The minimum Gasteiger partial charge on any atom is -0.0715 e. The van der Waals surface area contributed by atoms with E-state index < -0.39 is 0 Å². The zero-order valence-electron chi connectivity index (χ0n) is 7.50. The molecular formula is C6H18Si2Sn. The quantitative estimate of drug-likeness (QED) is 0.590. The average molecular weight is 265 g/mol. The number of hydrogen-bond acceptors (Lipinski definition) is 0. The van der Waals surface area contributed by atoms with E-state index in [4.69, 9.17) is 0 Å². The van der Waals surface area contributed by atoms with Gasteiger partial charge in [0.15, 0.2) is 0 Å². The van der Waals surface area contributed by atoms with E-state index in [2.05, 4.69) is 39.3 Å². The molecule has 0 rings (SSSR count). The van der Waals surface area contributed by atoms with E-state index >= 15 is 0 Å². The molecule has 3 heteroatoms. The molecule has 0 amide bonds. The van der Waals surface area contributed by atoms with Gasteiger partial charge in [0.2, 0.25) is 0 Å². The van der Waals surface area contributed by atoms with Crippen LogP contribution in [-0.4, -0.2) is 41.5 Å². The predicted octanol–water partition coefficient (Wildman–Crippen LogP) is 2.36. The first-order valence-electron chi connectivity index (χ1n) is 3.00. The summed E-state index contributed by atoms with van der Waals surface area (Å²) in [6, 6.07) is 0. The molecule has 0 saturated carbocycles. The molecule has 6 radical (unpaired) electrons. The molecule has 54 valence electrons. The molecule has 0 aliphatic carbocycles. The normalized spacial score (nSPS) is 8.00. The molecule has 0 N–H and O–H groups in total. The van der Waals surface area contributed by atoms with Crippen LogP contribution in [0.3, 0.4) is 0 Å². The third-order valence-electron chi connectivity index (χ3n) is 0. The fourth-order valence-electron chi connectivity index (χ4n) is 0. The first-order valence-corrected chi connectivity index (χ1v) is 9.00. The van der Waals surface area contributed by atoms with Crippen molar-refractivity contribution in [3.8, 4) is 0 Å². The van der Waals surface area contributed by atoms with Crippen LogP contribution in [0.5, 0.6) is 0 Å². The molecule has 0 saturated heterocycles. The minimum atomic E-state index is 0. The van der Waals surface area contributed by atoms with E-state index in [1.165, 1.54) is 0 Å². The smallest absolute Gasteiger partial charge is 0.0379 e. The van der Waals surface area contributed by atoms with Crippen molar-refractivity contribution < 1.29 is 0 Å². The Hall–Kier alpha value is 1.23. The summed E-state index contributed by atoms with van der Waals surface area (Å²) in [6.45, 7) is 13.6. The standard InChI is InChI=1S/2C3H9Si.Sn/c2*1-4(2)3;/h2*1-3H3;. The van der Waals surface area contributed by atoms with Crippen LogP contribution >= 0.6 is 0 Å². The second-order valence-electron chi connectivity index (χ2n) is 3.00. The first-order chi connectivity index (χ1) is 3.46. The van der Waals surface area contributed by atoms with E-state index in [9.17, 15) is 0 Å². The molecule has 0 aliphatic heterocycles. The van der Waals surface area contributed by atoms with Crippen LogP contribution in [0.1, 0.15) is 0 Å². The summed E-state index contributed by atoms with van der Waals surface area (Å²) in [4.78, 5) is 0. The molecule has 0 heterocycles. The first kappa shape index (κ1) is 16.7. The third-order valence-corrected chi connectivity index (χ3v) is 0. The number of rotatable bonds is 0. The van der Waals surface area contributed by atoms with Crippen molar-refractivity contribution in [1.29, 1.82) is 0 Å². The van der Waals surface area contributed by atoms with Gasteiger partial charge in [-0.3, -0.25) is 0 Å². The van der Waals surface area contributed by atoms with Crippen LogP contribution in [0, 0.1) is 0 Å². The van der Waals surface area contributed by atoms with Crippen LogP contribution in [0.25, 0.3) is 0 Å². The van der Waals surface area contributed by atoms with Gasteiger partial charge < -0.3 is 0 Å². The van der Waals surface area contributed by atoms with Gasteiger partial charge in [-0.15, -0.1) is 0 Å². The van der Waals surface area contributed by atoms with Crippen LogP contribution in [-0.2, 0) is 0 Å². The van der Waals surface area contributed by atoms with Crippen LogP contribution in [0.15, 0.2) is 0 Å². The molecule has 9 heavy (non-hydrogen) atoms. The molecule has 0 bridgehead atoms. The minimum absolute atomic E-state index is 0. The van der Waals surface area contributed by atoms with E-state index in [1.54, 1.807) is 0 Å². The third kappa shape index (κ3) is 318. The Morgan fingerprint density at radius 3 is 0.556 bits per heavy atom. The van der Waals surface area contributed by atoms with Gasteiger partial charge in [0, 0.05) is 41.5 Å². The van der Waals surface area contributed by atoms with Gasteiger partial charge in [0.1, 0.15) is 0 Å². The van der Waals surface area contributed by atoms with Crippen molar-refractivity contribution in [2.75, 3.05) is 0 Å². The van der Waals surface area contributed by atoms with Gasteiger partial charge in [-0.05, 0) is 0 Å². The Morgan fingerprint density at radius 1 is 0.556 bits per heavy atom. The zero-order valence-corrected chi connectivity index (χ0v) is 12.4. The van der Waals surface area contributed by atoms with Gasteiger partial charge in [-0.25, -0.2) is 0 Å². The van der Waals surface area contributed by atoms with E-state index in [1.807, 2.05) is 0 Å². The van der Waals surface area contributed by atoms with Crippen molar-refractivity contribution in [2.24, 2.45) is 0 Å². The van der Waals surface area contributed by atoms with E-state index in [-0.39, 0.29) is 41.5 Å². The summed E-state index contributed by atoms with van der Waals surface area (Å²) in [5.41, 5.74) is 0. The molecule has 0 unspecified atom stereocenters. The van der Waals surface area contributed by atoms with Crippen molar-refractivity contribution >= 4 is 41.5 Å². The van der Waals surface area contributed by atoms with Gasteiger partial charge in [0.05, 0.1) is 0 Å². The second kappa shape index (κ2) is 12.0. The van der Waals surface area contributed by atoms with Gasteiger partial charge >= 0.3 is 0 Å². The Morgan fingerprint density at radius 2 is 0.556 bits per heavy atom. The topological polar surface area (TPSA) is 0 Å². The fraction of sp³-hybridized carbons (Fsp3) is 1.00. The maximum absolute atomic E-state index is 2.27. The summed E-state index contributed by atoms with van der Waals surface area (Å²) in [6.07, 6.45) is 0. The molecule has 0 spiro atoms. The fourth-order valence-corrected chi connectivity index (χ4v) is 0. The van der Waals surface area contributed by atoms with Gasteiger partial charge in [-0.2, -0.15) is 0 Å². The largest absolute Gasteiger partial charge is 0.0715 e. The summed E-state index contributed by atoms with van der Waals surface area (Å²) in [7, 11) is 0.241. The molecular weight excluding hydrogens is 247 g/mol. The maximum Gasteiger partial charge on any atom is 0.0379 e. The Kier molecular flexibility index (Phi) is 22.2. The second-order valence-corrected chi connectivity index (χ2v) is 9.00. The van der Waals surface area contributed by atoms with Gasteiger partial charge in [0.25, 0.3) is 0 Å². The molecule has 0 atom stereocenters. The van der Waals surface area contributed by atoms with Crippen LogP contribution < -0.4 is 0 Å². The van der Waals surface area contributed by atoms with E-state index in [0.29, 0.717) is 0 Å². The van der Waals surface area contributed by atoms with Crippen molar-refractivity contribution in [2.45, 2.75) is 39.3 Å². The molecule has 0 aromatic rings. The summed E-state index contributed by atoms with van der Waals surface area (Å²) >= 11 is 0. The molecule has 0 aromatic heterocycles. The van der Waals surface area contributed by atoms with Crippen molar-refractivity contribution in [3.05, 3.63) is 0 Å². The monoisotopic (exact) mass is 266 g/mol.